The molecule has 3 aliphatic rings. The number of hydrogen-bond acceptors (Lipinski definition) is 9. The average Bonchev–Trinajstić information content (AvgIpc) is 3.43. The maximum atomic E-state index is 13.6. The smallest absolute Gasteiger partial charge is 0.235 e. The topological polar surface area (TPSA) is 91.3 Å². The molecule has 192 valence electrons. The molecule has 3 unspecified atom stereocenters. The molecule has 10 heteroatoms. The van der Waals surface area contributed by atoms with Crippen LogP contribution in [0.15, 0.2) is 48.7 Å². The van der Waals surface area contributed by atoms with Crippen molar-refractivity contribution in [2.75, 3.05) is 54.2 Å². The van der Waals surface area contributed by atoms with Crippen LogP contribution < -0.4 is 25.2 Å². The average molecular weight is 503 g/mol. The molecule has 2 aliphatic heterocycles. The normalized spacial score (nSPS) is 23.4. The summed E-state index contributed by atoms with van der Waals surface area (Å²) in [5.74, 6) is 3.21. The van der Waals surface area contributed by atoms with Gasteiger partial charge in [0, 0.05) is 61.2 Å². The predicted octanol–water partition coefficient (Wildman–Crippen LogP) is 3.99. The summed E-state index contributed by atoms with van der Waals surface area (Å²) >= 11 is 0. The van der Waals surface area contributed by atoms with Crippen molar-refractivity contribution in [3.05, 3.63) is 60.1 Å². The predicted molar refractivity (Wildman–Crippen MR) is 142 cm³/mol. The molecule has 2 fully saturated rings. The highest BCUT2D eigenvalue weighted by Crippen LogP contribution is 2.49. The van der Waals surface area contributed by atoms with E-state index in [2.05, 4.69) is 51.1 Å². The van der Waals surface area contributed by atoms with Gasteiger partial charge in [-0.05, 0) is 29.8 Å². The van der Waals surface area contributed by atoms with Gasteiger partial charge in [0.25, 0.3) is 0 Å². The number of anilines is 5. The minimum atomic E-state index is -0.256. The summed E-state index contributed by atoms with van der Waals surface area (Å²) in [4.78, 5) is 14.3. The van der Waals surface area contributed by atoms with Crippen LogP contribution in [-0.4, -0.2) is 60.0 Å². The molecule has 37 heavy (non-hydrogen) atoms. The van der Waals surface area contributed by atoms with Crippen LogP contribution in [0.5, 0.6) is 5.88 Å². The highest BCUT2D eigenvalue weighted by molar-refractivity contribution is 5.75. The van der Waals surface area contributed by atoms with Gasteiger partial charge in [0.2, 0.25) is 11.8 Å². The number of nitrogens with zero attached hydrogens (tertiary/aromatic N) is 6. The second-order valence-corrected chi connectivity index (χ2v) is 10.6. The van der Waals surface area contributed by atoms with Crippen LogP contribution in [0, 0.1) is 17.7 Å². The fourth-order valence-corrected chi connectivity index (χ4v) is 6.00. The lowest BCUT2D eigenvalue weighted by molar-refractivity contribution is 0.320. The molecule has 1 aromatic carbocycles. The molecule has 9 nitrogen and oxygen atoms in total. The van der Waals surface area contributed by atoms with E-state index in [-0.39, 0.29) is 17.3 Å². The van der Waals surface area contributed by atoms with Crippen molar-refractivity contribution < 1.29 is 9.13 Å². The molecule has 1 saturated heterocycles. The number of fused-ring (bicyclic) bond motifs is 2. The van der Waals surface area contributed by atoms with E-state index in [4.69, 9.17) is 14.7 Å². The van der Waals surface area contributed by atoms with E-state index >= 15 is 0 Å². The fraction of sp³-hybridized carbons (Fsp3) is 0.407. The Labute approximate surface area is 215 Å². The van der Waals surface area contributed by atoms with Crippen molar-refractivity contribution >= 4 is 29.0 Å². The molecule has 3 aromatic rings. The maximum Gasteiger partial charge on any atom is 0.235 e. The zero-order chi connectivity index (χ0) is 25.9. The summed E-state index contributed by atoms with van der Waals surface area (Å²) in [6.07, 6.45) is 1.77. The number of methoxy groups -OCH3 is 1. The Hall–Kier alpha value is -3.95. The monoisotopic (exact) mass is 502 g/mol. The van der Waals surface area contributed by atoms with Crippen LogP contribution in [0.2, 0.25) is 0 Å². The first-order chi connectivity index (χ1) is 17.8. The minimum absolute atomic E-state index is 0.0723. The Morgan fingerprint density at radius 1 is 1.14 bits per heavy atom. The van der Waals surface area contributed by atoms with E-state index in [1.807, 2.05) is 13.1 Å². The number of halogens is 1. The molecule has 2 aromatic heterocycles. The Bertz CT molecular complexity index is 1360. The van der Waals surface area contributed by atoms with Gasteiger partial charge in [0.05, 0.1) is 25.0 Å². The number of ether oxygens (including phenoxy) is 1. The van der Waals surface area contributed by atoms with E-state index < -0.39 is 0 Å². The standard InChI is InChI=1S/C27H31FN8O/c1-15-19-12-35(18-10-21(37-5)34-30-11-18)13-20(19)23(15)31-26-32-24(29-4)22-25(33-26)36(14-27(22,2)3)17-8-6-16(28)7-9-17/h6-11,19-20,23H,1,12-14H2,2-5H3,(H2,29,31,32,33). The molecule has 0 spiro atoms. The van der Waals surface area contributed by atoms with Crippen LogP contribution in [0.25, 0.3) is 0 Å². The maximum absolute atomic E-state index is 13.6. The molecule has 4 heterocycles. The number of aromatic nitrogens is 4. The summed E-state index contributed by atoms with van der Waals surface area (Å²) in [6, 6.07) is 8.54. The summed E-state index contributed by atoms with van der Waals surface area (Å²) in [5.41, 5.74) is 3.93. The molecule has 6 rings (SSSR count). The zero-order valence-corrected chi connectivity index (χ0v) is 21.5. The Balaban J connectivity index is 1.28. The molecule has 0 amide bonds. The molecule has 3 atom stereocenters. The van der Waals surface area contributed by atoms with Crippen molar-refractivity contribution in [1.29, 1.82) is 0 Å². The fourth-order valence-electron chi connectivity index (χ4n) is 6.00. The SMILES string of the molecule is C=C1C2CN(c3cnnc(OC)c3)CC2C1Nc1nc(NC)c2c(n1)N(c1ccc(F)cc1)CC2(C)C. The first-order valence-electron chi connectivity index (χ1n) is 12.5. The van der Waals surface area contributed by atoms with Gasteiger partial charge >= 0.3 is 0 Å². The van der Waals surface area contributed by atoms with Crippen LogP contribution in [0.4, 0.5) is 33.3 Å². The van der Waals surface area contributed by atoms with Crippen molar-refractivity contribution in [3.63, 3.8) is 0 Å². The lowest BCUT2D eigenvalue weighted by Gasteiger charge is -2.42. The summed E-state index contributed by atoms with van der Waals surface area (Å²) in [5, 5.41) is 14.9. The number of nitrogens with one attached hydrogen (secondary N) is 2. The van der Waals surface area contributed by atoms with E-state index in [1.54, 1.807) is 25.4 Å². The number of benzene rings is 1. The lowest BCUT2D eigenvalue weighted by Crippen LogP contribution is -2.48. The van der Waals surface area contributed by atoms with Crippen LogP contribution in [0.3, 0.4) is 0 Å². The van der Waals surface area contributed by atoms with Crippen molar-refractivity contribution in [2.24, 2.45) is 11.8 Å². The molecule has 1 aliphatic carbocycles. The van der Waals surface area contributed by atoms with Crippen LogP contribution in [0.1, 0.15) is 19.4 Å². The van der Waals surface area contributed by atoms with Crippen molar-refractivity contribution in [1.82, 2.24) is 20.2 Å². The lowest BCUT2D eigenvalue weighted by atomic mass is 9.68. The molecule has 1 saturated carbocycles. The molecule has 0 bridgehead atoms. The summed E-state index contributed by atoms with van der Waals surface area (Å²) in [6.45, 7) is 11.2. The van der Waals surface area contributed by atoms with Crippen molar-refractivity contribution in [2.45, 2.75) is 25.3 Å². The largest absolute Gasteiger partial charge is 0.480 e. The third kappa shape index (κ3) is 3.82. The third-order valence-electron chi connectivity index (χ3n) is 7.90. The van der Waals surface area contributed by atoms with Gasteiger partial charge in [-0.15, -0.1) is 5.10 Å². The Morgan fingerprint density at radius 3 is 2.65 bits per heavy atom. The Morgan fingerprint density at radius 2 is 1.92 bits per heavy atom. The van der Waals surface area contributed by atoms with Crippen LogP contribution in [-0.2, 0) is 5.41 Å². The highest BCUT2D eigenvalue weighted by atomic mass is 19.1. The number of hydrogen-bond donors (Lipinski definition) is 2. The minimum Gasteiger partial charge on any atom is -0.480 e. The molecular formula is C27H31FN8O. The van der Waals surface area contributed by atoms with Crippen LogP contribution >= 0.6 is 0 Å². The molecule has 0 radical (unpaired) electrons. The quantitative estimate of drug-likeness (QED) is 0.486. The van der Waals surface area contributed by atoms with Gasteiger partial charge < -0.3 is 25.2 Å². The molecular weight excluding hydrogens is 471 g/mol. The van der Waals surface area contributed by atoms with E-state index in [1.165, 1.54) is 12.1 Å². The van der Waals surface area contributed by atoms with Gasteiger partial charge in [0.1, 0.15) is 17.5 Å². The molecule has 2 N–H and O–H groups in total. The summed E-state index contributed by atoms with van der Waals surface area (Å²) < 4.78 is 18.9. The first kappa shape index (κ1) is 23.4. The van der Waals surface area contributed by atoms with Crippen molar-refractivity contribution in [3.8, 4) is 5.88 Å². The van der Waals surface area contributed by atoms with Gasteiger partial charge in [0.15, 0.2) is 0 Å². The van der Waals surface area contributed by atoms with Gasteiger partial charge in [-0.2, -0.15) is 15.1 Å². The second kappa shape index (κ2) is 8.57. The summed E-state index contributed by atoms with van der Waals surface area (Å²) in [7, 11) is 3.48. The van der Waals surface area contributed by atoms with Gasteiger partial charge in [-0.25, -0.2) is 4.39 Å². The van der Waals surface area contributed by atoms with E-state index in [9.17, 15) is 4.39 Å². The first-order valence-corrected chi connectivity index (χ1v) is 12.5. The van der Waals surface area contributed by atoms with Gasteiger partial charge in [-0.1, -0.05) is 20.4 Å². The van der Waals surface area contributed by atoms with Gasteiger partial charge in [-0.3, -0.25) is 0 Å². The van der Waals surface area contributed by atoms with E-state index in [0.717, 1.165) is 53.8 Å². The van der Waals surface area contributed by atoms with E-state index in [0.29, 0.717) is 23.7 Å². The zero-order valence-electron chi connectivity index (χ0n) is 21.5. The highest BCUT2D eigenvalue weighted by Gasteiger charge is 2.51. The third-order valence-corrected chi connectivity index (χ3v) is 7.90. The Kier molecular flexibility index (Phi) is 5.43. The number of rotatable bonds is 6. The second-order valence-electron chi connectivity index (χ2n) is 10.6.